The number of hydrogen-bond acceptors (Lipinski definition) is 6. The number of hydrogen-bond donors (Lipinski definition) is 1. The Kier molecular flexibility index (Phi) is 4.87. The van der Waals surface area contributed by atoms with Crippen molar-refractivity contribution in [2.24, 2.45) is 0 Å². The van der Waals surface area contributed by atoms with E-state index in [1.54, 1.807) is 23.6 Å². The molecule has 0 saturated heterocycles. The number of nitrogens with one attached hydrogen (secondary N) is 1. The normalized spacial score (nSPS) is 13.2. The molecular formula is C20H21N5O4. The average molecular weight is 395 g/mol. The van der Waals surface area contributed by atoms with Gasteiger partial charge in [-0.05, 0) is 38.3 Å². The van der Waals surface area contributed by atoms with E-state index in [0.717, 1.165) is 23.0 Å². The van der Waals surface area contributed by atoms with Crippen molar-refractivity contribution >= 4 is 11.6 Å². The molecule has 0 saturated carbocycles. The number of carbonyl (C=O) groups is 1. The zero-order valence-electron chi connectivity index (χ0n) is 16.3. The zero-order chi connectivity index (χ0) is 20.5. The van der Waals surface area contributed by atoms with E-state index in [9.17, 15) is 14.4 Å². The Hall–Kier alpha value is -3.49. The Morgan fingerprint density at radius 1 is 1.17 bits per heavy atom. The van der Waals surface area contributed by atoms with E-state index in [0.29, 0.717) is 30.2 Å². The molecule has 0 unspecified atom stereocenters. The van der Waals surface area contributed by atoms with E-state index < -0.39 is 23.7 Å². The number of aromatic nitrogens is 4. The minimum atomic E-state index is -0.581. The van der Waals surface area contributed by atoms with Crippen LogP contribution >= 0.6 is 0 Å². The summed E-state index contributed by atoms with van der Waals surface area (Å²) >= 11 is 0. The molecule has 1 aromatic carbocycles. The van der Waals surface area contributed by atoms with Gasteiger partial charge in [0, 0.05) is 24.8 Å². The van der Waals surface area contributed by atoms with Crippen molar-refractivity contribution in [1.82, 2.24) is 19.3 Å². The van der Waals surface area contributed by atoms with E-state index in [1.807, 2.05) is 19.1 Å². The van der Waals surface area contributed by atoms with Gasteiger partial charge >= 0.3 is 5.69 Å². The summed E-state index contributed by atoms with van der Waals surface area (Å²) in [5.74, 6) is 0.00863. The van der Waals surface area contributed by atoms with Crippen molar-refractivity contribution in [1.29, 1.82) is 0 Å². The first kappa shape index (κ1) is 18.9. The lowest BCUT2D eigenvalue weighted by Crippen LogP contribution is -2.45. The van der Waals surface area contributed by atoms with Gasteiger partial charge in [-0.15, -0.1) is 0 Å². The van der Waals surface area contributed by atoms with Crippen molar-refractivity contribution in [2.45, 2.75) is 46.2 Å². The van der Waals surface area contributed by atoms with Gasteiger partial charge in [-0.2, -0.15) is 4.98 Å². The molecule has 0 atom stereocenters. The third-order valence-corrected chi connectivity index (χ3v) is 4.97. The number of aryl methyl sites for hydroxylation is 2. The fraction of sp³-hybridized carbons (Fsp3) is 0.350. The van der Waals surface area contributed by atoms with Crippen LogP contribution in [-0.4, -0.2) is 25.2 Å². The van der Waals surface area contributed by atoms with Gasteiger partial charge in [-0.1, -0.05) is 22.9 Å². The van der Waals surface area contributed by atoms with Crippen LogP contribution in [0.15, 0.2) is 38.4 Å². The van der Waals surface area contributed by atoms with Crippen LogP contribution in [0.3, 0.4) is 0 Å². The van der Waals surface area contributed by atoms with Gasteiger partial charge in [-0.25, -0.2) is 4.79 Å². The molecule has 3 heterocycles. The molecular weight excluding hydrogens is 374 g/mol. The Balaban J connectivity index is 1.75. The molecule has 0 aliphatic carbocycles. The Labute approximate surface area is 166 Å². The Morgan fingerprint density at radius 3 is 2.62 bits per heavy atom. The number of anilines is 1. The summed E-state index contributed by atoms with van der Waals surface area (Å²) in [4.78, 5) is 42.8. The van der Waals surface area contributed by atoms with Crippen molar-refractivity contribution in [2.75, 3.05) is 5.32 Å². The maximum absolute atomic E-state index is 13.2. The van der Waals surface area contributed by atoms with Gasteiger partial charge in [0.1, 0.15) is 12.1 Å². The van der Waals surface area contributed by atoms with Crippen molar-refractivity contribution in [3.05, 3.63) is 62.3 Å². The molecule has 1 amide bonds. The number of nitrogens with zero attached hydrogens (tertiary/aromatic N) is 4. The number of benzene rings is 1. The second-order valence-corrected chi connectivity index (χ2v) is 7.16. The molecule has 3 aromatic rings. The molecule has 9 nitrogen and oxygen atoms in total. The maximum atomic E-state index is 13.2. The first-order valence-electron chi connectivity index (χ1n) is 9.48. The van der Waals surface area contributed by atoms with Gasteiger partial charge in [0.25, 0.3) is 5.56 Å². The van der Waals surface area contributed by atoms with E-state index in [-0.39, 0.29) is 11.4 Å². The minimum absolute atomic E-state index is 0.144. The maximum Gasteiger partial charge on any atom is 0.331 e. The predicted octanol–water partition coefficient (Wildman–Crippen LogP) is 1.65. The Morgan fingerprint density at radius 2 is 1.93 bits per heavy atom. The molecule has 1 aliphatic heterocycles. The molecule has 150 valence electrons. The van der Waals surface area contributed by atoms with E-state index in [2.05, 4.69) is 15.5 Å². The minimum Gasteiger partial charge on any atom is -0.339 e. The van der Waals surface area contributed by atoms with Crippen molar-refractivity contribution < 1.29 is 9.32 Å². The molecule has 1 N–H and O–H groups in total. The van der Waals surface area contributed by atoms with Crippen LogP contribution in [0.4, 0.5) is 5.69 Å². The molecule has 29 heavy (non-hydrogen) atoms. The first-order valence-corrected chi connectivity index (χ1v) is 9.48. The number of fused-ring (bicyclic) bond motifs is 1. The van der Waals surface area contributed by atoms with E-state index >= 15 is 0 Å². The topological polar surface area (TPSA) is 112 Å². The van der Waals surface area contributed by atoms with E-state index in [1.165, 1.54) is 0 Å². The number of carbonyl (C=O) groups excluding carboxylic acids is 1. The quantitative estimate of drug-likeness (QED) is 0.719. The standard InChI is InChI=1S/C20H21N5O4/c1-12-6-8-14(9-7-12)22-16(26)11-25-19(27)17(18-21-13(2)29-23-18)15-5-3-4-10-24(15)20(25)28/h6-9H,3-5,10-11H2,1-2H3,(H,22,26). The van der Waals surface area contributed by atoms with Gasteiger partial charge in [0.15, 0.2) is 0 Å². The van der Waals surface area contributed by atoms with Crippen LogP contribution in [0.2, 0.25) is 0 Å². The highest BCUT2D eigenvalue weighted by atomic mass is 16.5. The van der Waals surface area contributed by atoms with Crippen LogP contribution in [0.5, 0.6) is 0 Å². The second kappa shape index (κ2) is 7.50. The summed E-state index contributed by atoms with van der Waals surface area (Å²) in [5.41, 5.74) is 1.41. The lowest BCUT2D eigenvalue weighted by Gasteiger charge is -2.21. The van der Waals surface area contributed by atoms with Crippen LogP contribution in [0.25, 0.3) is 11.4 Å². The fourth-order valence-electron chi connectivity index (χ4n) is 3.54. The molecule has 0 fully saturated rings. The van der Waals surface area contributed by atoms with Gasteiger partial charge in [-0.3, -0.25) is 18.7 Å². The first-order chi connectivity index (χ1) is 13.9. The summed E-state index contributed by atoms with van der Waals surface area (Å²) in [5, 5.41) is 6.58. The molecule has 0 bridgehead atoms. The Bertz CT molecular complexity index is 1190. The highest BCUT2D eigenvalue weighted by molar-refractivity contribution is 5.90. The molecule has 4 rings (SSSR count). The lowest BCUT2D eigenvalue weighted by molar-refractivity contribution is -0.116. The van der Waals surface area contributed by atoms with Crippen LogP contribution < -0.4 is 16.6 Å². The summed E-state index contributed by atoms with van der Waals surface area (Å²) in [6, 6.07) is 7.27. The van der Waals surface area contributed by atoms with Gasteiger partial charge in [0.05, 0.1) is 0 Å². The van der Waals surface area contributed by atoms with Crippen molar-refractivity contribution in [3.8, 4) is 11.4 Å². The SMILES string of the molecule is Cc1ccc(NC(=O)Cn2c(=O)c(-c3noc(C)n3)c3n(c2=O)CCCC3)cc1. The number of amides is 1. The zero-order valence-corrected chi connectivity index (χ0v) is 16.3. The molecule has 0 spiro atoms. The van der Waals surface area contributed by atoms with Crippen molar-refractivity contribution in [3.63, 3.8) is 0 Å². The summed E-state index contributed by atoms with van der Waals surface area (Å²) in [7, 11) is 0. The van der Waals surface area contributed by atoms with E-state index in [4.69, 9.17) is 4.52 Å². The fourth-order valence-corrected chi connectivity index (χ4v) is 3.54. The molecule has 2 aromatic heterocycles. The summed E-state index contributed by atoms with van der Waals surface area (Å²) in [6.45, 7) is 3.67. The summed E-state index contributed by atoms with van der Waals surface area (Å²) in [6.07, 6.45) is 2.26. The lowest BCUT2D eigenvalue weighted by atomic mass is 10.0. The molecule has 0 radical (unpaired) electrons. The highest BCUT2D eigenvalue weighted by Crippen LogP contribution is 2.21. The van der Waals surface area contributed by atoms with Crippen LogP contribution in [-0.2, 0) is 24.3 Å². The highest BCUT2D eigenvalue weighted by Gasteiger charge is 2.26. The van der Waals surface area contributed by atoms with Crippen LogP contribution in [0, 0.1) is 13.8 Å². The summed E-state index contributed by atoms with van der Waals surface area (Å²) < 4.78 is 7.52. The number of rotatable bonds is 4. The second-order valence-electron chi connectivity index (χ2n) is 7.16. The largest absolute Gasteiger partial charge is 0.339 e. The monoisotopic (exact) mass is 395 g/mol. The third-order valence-electron chi connectivity index (χ3n) is 4.97. The molecule has 9 heteroatoms. The smallest absolute Gasteiger partial charge is 0.331 e. The predicted molar refractivity (Wildman–Crippen MR) is 106 cm³/mol. The van der Waals surface area contributed by atoms with Crippen LogP contribution in [0.1, 0.15) is 30.0 Å². The van der Waals surface area contributed by atoms with Gasteiger partial charge < -0.3 is 9.84 Å². The third kappa shape index (κ3) is 3.63. The molecule has 1 aliphatic rings. The average Bonchev–Trinajstić information content (AvgIpc) is 3.13. The van der Waals surface area contributed by atoms with Gasteiger partial charge in [0.2, 0.25) is 17.6 Å².